The maximum Gasteiger partial charge on any atom is 0.120 e. The Kier molecular flexibility index (Phi) is 1.49. The van der Waals surface area contributed by atoms with Gasteiger partial charge in [-0.25, -0.2) is 0 Å². The zero-order valence-corrected chi connectivity index (χ0v) is 8.21. The normalized spacial score (nSPS) is 22.1. The van der Waals surface area contributed by atoms with E-state index in [2.05, 4.69) is 0 Å². The van der Waals surface area contributed by atoms with Crippen molar-refractivity contribution in [2.75, 3.05) is 0 Å². The van der Waals surface area contributed by atoms with Crippen LogP contribution >= 0.6 is 0 Å². The molecule has 0 aromatic heterocycles. The Labute approximate surface area is 83.7 Å². The summed E-state index contributed by atoms with van der Waals surface area (Å²) in [4.78, 5) is 0. The summed E-state index contributed by atoms with van der Waals surface area (Å²) in [6.07, 6.45) is 5.51. The molecule has 1 aromatic rings. The minimum absolute atomic E-state index is 0.195. The number of phenols is 1. The second-order valence-electron chi connectivity index (χ2n) is 4.61. The molecule has 0 aliphatic heterocycles. The van der Waals surface area contributed by atoms with E-state index in [1.165, 1.54) is 17.5 Å². The number of rotatable bonds is 1. The average molecular weight is 189 g/mol. The molecular weight excluding hydrogens is 174 g/mol. The van der Waals surface area contributed by atoms with Crippen LogP contribution in [0.5, 0.6) is 5.75 Å². The van der Waals surface area contributed by atoms with Gasteiger partial charge in [-0.05, 0) is 49.3 Å². The van der Waals surface area contributed by atoms with Gasteiger partial charge in [-0.15, -0.1) is 0 Å². The molecule has 3 rings (SSSR count). The van der Waals surface area contributed by atoms with Crippen LogP contribution in [0.15, 0.2) is 12.1 Å². The van der Waals surface area contributed by atoms with Crippen molar-refractivity contribution in [1.29, 1.82) is 0 Å². The molecular formula is C12H15NO. The van der Waals surface area contributed by atoms with Gasteiger partial charge in [0.15, 0.2) is 0 Å². The maximum absolute atomic E-state index is 9.87. The van der Waals surface area contributed by atoms with E-state index in [0.29, 0.717) is 5.75 Å². The Morgan fingerprint density at radius 2 is 2.00 bits per heavy atom. The van der Waals surface area contributed by atoms with Crippen molar-refractivity contribution in [3.63, 3.8) is 0 Å². The second-order valence-corrected chi connectivity index (χ2v) is 4.61. The first-order chi connectivity index (χ1) is 6.71. The first kappa shape index (κ1) is 8.30. The largest absolute Gasteiger partial charge is 0.508 e. The fourth-order valence-electron chi connectivity index (χ4n) is 2.59. The molecule has 0 atom stereocenters. The summed E-state index contributed by atoms with van der Waals surface area (Å²) < 4.78 is 0. The molecule has 2 aliphatic carbocycles. The van der Waals surface area contributed by atoms with Gasteiger partial charge in [0.1, 0.15) is 5.75 Å². The first-order valence-corrected chi connectivity index (χ1v) is 5.34. The van der Waals surface area contributed by atoms with Crippen LogP contribution in [-0.4, -0.2) is 5.11 Å². The van der Waals surface area contributed by atoms with Crippen LogP contribution in [0.25, 0.3) is 0 Å². The molecule has 2 heteroatoms. The average Bonchev–Trinajstić information content (AvgIpc) is 2.74. The summed E-state index contributed by atoms with van der Waals surface area (Å²) in [5.41, 5.74) is 9.77. The SMILES string of the molecule is NC1(c2c(O)ccc3c2CCC3)CC1. The van der Waals surface area contributed by atoms with Crippen molar-refractivity contribution in [3.8, 4) is 5.75 Å². The smallest absolute Gasteiger partial charge is 0.120 e. The van der Waals surface area contributed by atoms with Gasteiger partial charge in [0.05, 0.1) is 0 Å². The zero-order valence-electron chi connectivity index (χ0n) is 8.21. The number of hydrogen-bond donors (Lipinski definition) is 2. The number of fused-ring (bicyclic) bond motifs is 1. The van der Waals surface area contributed by atoms with Gasteiger partial charge in [-0.1, -0.05) is 6.07 Å². The summed E-state index contributed by atoms with van der Waals surface area (Å²) >= 11 is 0. The highest BCUT2D eigenvalue weighted by Crippen LogP contribution is 2.49. The van der Waals surface area contributed by atoms with Crippen LogP contribution in [0.2, 0.25) is 0 Å². The molecule has 0 saturated heterocycles. The maximum atomic E-state index is 9.87. The van der Waals surface area contributed by atoms with Gasteiger partial charge < -0.3 is 10.8 Å². The van der Waals surface area contributed by atoms with E-state index >= 15 is 0 Å². The Morgan fingerprint density at radius 3 is 2.71 bits per heavy atom. The molecule has 0 unspecified atom stereocenters. The van der Waals surface area contributed by atoms with E-state index in [4.69, 9.17) is 5.73 Å². The third-order valence-electron chi connectivity index (χ3n) is 3.55. The number of aryl methyl sites for hydroxylation is 1. The van der Waals surface area contributed by atoms with Crippen molar-refractivity contribution in [2.24, 2.45) is 5.73 Å². The second kappa shape index (κ2) is 2.51. The lowest BCUT2D eigenvalue weighted by atomic mass is 9.95. The van der Waals surface area contributed by atoms with E-state index in [9.17, 15) is 5.11 Å². The molecule has 0 radical (unpaired) electrons. The van der Waals surface area contributed by atoms with Crippen molar-refractivity contribution >= 4 is 0 Å². The lowest BCUT2D eigenvalue weighted by Gasteiger charge is -2.16. The highest BCUT2D eigenvalue weighted by molar-refractivity contribution is 5.52. The molecule has 14 heavy (non-hydrogen) atoms. The van der Waals surface area contributed by atoms with Gasteiger partial charge in [0.25, 0.3) is 0 Å². The van der Waals surface area contributed by atoms with Gasteiger partial charge in [0, 0.05) is 11.1 Å². The summed E-state index contributed by atoms with van der Waals surface area (Å²) in [5, 5.41) is 9.87. The lowest BCUT2D eigenvalue weighted by Crippen LogP contribution is -2.20. The zero-order chi connectivity index (χ0) is 9.76. The molecule has 74 valence electrons. The van der Waals surface area contributed by atoms with Crippen molar-refractivity contribution in [2.45, 2.75) is 37.6 Å². The summed E-state index contributed by atoms with van der Waals surface area (Å²) in [5.74, 6) is 0.408. The topological polar surface area (TPSA) is 46.2 Å². The highest BCUT2D eigenvalue weighted by Gasteiger charge is 2.44. The van der Waals surface area contributed by atoms with Crippen LogP contribution in [-0.2, 0) is 18.4 Å². The Balaban J connectivity index is 2.21. The Morgan fingerprint density at radius 1 is 1.21 bits per heavy atom. The molecule has 0 heterocycles. The Bertz CT molecular complexity index is 394. The number of hydrogen-bond acceptors (Lipinski definition) is 2. The van der Waals surface area contributed by atoms with Gasteiger partial charge in [-0.2, -0.15) is 0 Å². The molecule has 0 bridgehead atoms. The fraction of sp³-hybridized carbons (Fsp3) is 0.500. The molecule has 0 amide bonds. The van der Waals surface area contributed by atoms with Gasteiger partial charge in [-0.3, -0.25) is 0 Å². The molecule has 2 nitrogen and oxygen atoms in total. The van der Waals surface area contributed by atoms with Crippen LogP contribution in [0.3, 0.4) is 0 Å². The van der Waals surface area contributed by atoms with Crippen molar-refractivity contribution < 1.29 is 5.11 Å². The predicted molar refractivity (Wildman–Crippen MR) is 55.2 cm³/mol. The molecule has 1 aromatic carbocycles. The van der Waals surface area contributed by atoms with Gasteiger partial charge >= 0.3 is 0 Å². The van der Waals surface area contributed by atoms with Crippen molar-refractivity contribution in [1.82, 2.24) is 0 Å². The lowest BCUT2D eigenvalue weighted by molar-refractivity contribution is 0.458. The Hall–Kier alpha value is -1.02. The van der Waals surface area contributed by atoms with E-state index in [-0.39, 0.29) is 5.54 Å². The monoisotopic (exact) mass is 189 g/mol. The van der Waals surface area contributed by atoms with E-state index < -0.39 is 0 Å². The fourth-order valence-corrected chi connectivity index (χ4v) is 2.59. The van der Waals surface area contributed by atoms with Crippen LogP contribution in [0.4, 0.5) is 0 Å². The van der Waals surface area contributed by atoms with Gasteiger partial charge in [0.2, 0.25) is 0 Å². The number of benzene rings is 1. The molecule has 3 N–H and O–H groups in total. The standard InChI is InChI=1S/C12H15NO/c13-12(6-7-12)11-9-3-1-2-8(9)4-5-10(11)14/h4-5,14H,1-3,6-7,13H2. The number of phenolic OH excluding ortho intramolecular Hbond substituents is 1. The van der Waals surface area contributed by atoms with E-state index in [1.807, 2.05) is 12.1 Å². The molecule has 1 saturated carbocycles. The predicted octanol–water partition coefficient (Wildman–Crippen LogP) is 1.83. The summed E-state index contributed by atoms with van der Waals surface area (Å²) in [6.45, 7) is 0. The quantitative estimate of drug-likeness (QED) is 0.708. The van der Waals surface area contributed by atoms with E-state index in [1.54, 1.807) is 0 Å². The highest BCUT2D eigenvalue weighted by atomic mass is 16.3. The van der Waals surface area contributed by atoms with Crippen LogP contribution in [0.1, 0.15) is 36.0 Å². The van der Waals surface area contributed by atoms with E-state index in [0.717, 1.165) is 31.2 Å². The molecule has 2 aliphatic rings. The number of nitrogens with two attached hydrogens (primary N) is 1. The molecule has 1 fully saturated rings. The number of aromatic hydroxyl groups is 1. The van der Waals surface area contributed by atoms with Crippen molar-refractivity contribution in [3.05, 3.63) is 28.8 Å². The third kappa shape index (κ3) is 1.01. The van der Waals surface area contributed by atoms with Crippen LogP contribution in [0, 0.1) is 0 Å². The molecule has 0 spiro atoms. The first-order valence-electron chi connectivity index (χ1n) is 5.34. The third-order valence-corrected chi connectivity index (χ3v) is 3.55. The minimum Gasteiger partial charge on any atom is -0.508 e. The van der Waals surface area contributed by atoms with Crippen LogP contribution < -0.4 is 5.73 Å². The summed E-state index contributed by atoms with van der Waals surface area (Å²) in [7, 11) is 0. The minimum atomic E-state index is -0.195. The summed E-state index contributed by atoms with van der Waals surface area (Å²) in [6, 6.07) is 3.86.